The van der Waals surface area contributed by atoms with Crippen molar-refractivity contribution >= 4 is 11.6 Å². The van der Waals surface area contributed by atoms with Crippen molar-refractivity contribution in [2.75, 3.05) is 0 Å². The molecule has 0 spiro atoms. The van der Waals surface area contributed by atoms with E-state index in [0.717, 1.165) is 66.2 Å². The van der Waals surface area contributed by atoms with Crippen LogP contribution in [0.4, 0.5) is 13.2 Å². The normalized spacial score (nSPS) is 26.9. The van der Waals surface area contributed by atoms with Crippen molar-refractivity contribution in [1.82, 2.24) is 24.4 Å². The molecule has 4 aromatic rings. The molecule has 0 amide bonds. The van der Waals surface area contributed by atoms with Crippen molar-refractivity contribution in [3.05, 3.63) is 58.9 Å². The molecule has 4 aliphatic carbocycles. The predicted molar refractivity (Wildman–Crippen MR) is 127 cm³/mol. The largest absolute Gasteiger partial charge is 0.463 e. The Morgan fingerprint density at radius 2 is 1.78 bits per heavy atom. The lowest BCUT2D eigenvalue weighted by molar-refractivity contribution is -0.142. The number of rotatable bonds is 3. The SMILES string of the molecule is Cc1nn(C(=O)c2cnn3c(C(F)(F)F)cc(-c4ccco4)nc23)c(C)c1C12CC3CC(CC(C3)C1)C2. The Hall–Kier alpha value is -3.43. The van der Waals surface area contributed by atoms with Gasteiger partial charge in [-0.1, -0.05) is 0 Å². The van der Waals surface area contributed by atoms with Gasteiger partial charge in [0, 0.05) is 11.3 Å². The highest BCUT2D eigenvalue weighted by molar-refractivity contribution is 6.01. The maximum absolute atomic E-state index is 13.9. The highest BCUT2D eigenvalue weighted by Crippen LogP contribution is 2.61. The number of aryl methyl sites for hydroxylation is 1. The summed E-state index contributed by atoms with van der Waals surface area (Å²) < 4.78 is 49.1. The summed E-state index contributed by atoms with van der Waals surface area (Å²) >= 11 is 0. The molecule has 4 aliphatic rings. The molecule has 0 aliphatic heterocycles. The van der Waals surface area contributed by atoms with Crippen molar-refractivity contribution in [1.29, 1.82) is 0 Å². The van der Waals surface area contributed by atoms with Gasteiger partial charge in [-0.3, -0.25) is 4.79 Å². The Morgan fingerprint density at radius 1 is 1.11 bits per heavy atom. The summed E-state index contributed by atoms with van der Waals surface area (Å²) in [6.07, 6.45) is 5.08. The van der Waals surface area contributed by atoms with E-state index < -0.39 is 17.8 Å². The van der Waals surface area contributed by atoms with Gasteiger partial charge in [-0.15, -0.1) is 0 Å². The summed E-state index contributed by atoms with van der Waals surface area (Å²) in [5, 5.41) is 8.54. The molecule has 4 heterocycles. The molecule has 192 valence electrons. The van der Waals surface area contributed by atoms with Gasteiger partial charge in [0.05, 0.1) is 18.2 Å². The van der Waals surface area contributed by atoms with Gasteiger partial charge in [-0.2, -0.15) is 23.4 Å². The summed E-state index contributed by atoms with van der Waals surface area (Å²) in [6, 6.07) is 3.97. The van der Waals surface area contributed by atoms with Crippen LogP contribution >= 0.6 is 0 Å². The predicted octanol–water partition coefficient (Wildman–Crippen LogP) is 5.98. The van der Waals surface area contributed by atoms with E-state index in [1.807, 2.05) is 13.8 Å². The number of carbonyl (C=O) groups is 1. The fourth-order valence-corrected chi connectivity index (χ4v) is 8.01. The van der Waals surface area contributed by atoms with Crippen molar-refractivity contribution in [3.63, 3.8) is 0 Å². The molecular formula is C27H26F3N5O2. The average molecular weight is 510 g/mol. The van der Waals surface area contributed by atoms with Crippen molar-refractivity contribution in [2.24, 2.45) is 17.8 Å². The molecule has 0 atom stereocenters. The lowest BCUT2D eigenvalue weighted by Crippen LogP contribution is -2.49. The minimum absolute atomic E-state index is 0.0259. The van der Waals surface area contributed by atoms with Crippen LogP contribution in [0, 0.1) is 31.6 Å². The minimum atomic E-state index is -4.71. The quantitative estimate of drug-likeness (QED) is 0.340. The second kappa shape index (κ2) is 7.55. The Labute approximate surface area is 210 Å². The number of carbonyl (C=O) groups excluding carboxylic acids is 1. The molecular weight excluding hydrogens is 483 g/mol. The number of hydrogen-bond acceptors (Lipinski definition) is 5. The van der Waals surface area contributed by atoms with Crippen LogP contribution in [0.2, 0.25) is 0 Å². The van der Waals surface area contributed by atoms with E-state index in [9.17, 15) is 18.0 Å². The van der Waals surface area contributed by atoms with Gasteiger partial charge < -0.3 is 4.42 Å². The van der Waals surface area contributed by atoms with Crippen LogP contribution in [0.25, 0.3) is 17.1 Å². The number of aromatic nitrogens is 5. The maximum Gasteiger partial charge on any atom is 0.433 e. The number of nitrogens with zero attached hydrogens (tertiary/aromatic N) is 5. The van der Waals surface area contributed by atoms with E-state index in [-0.39, 0.29) is 28.1 Å². The van der Waals surface area contributed by atoms with Crippen LogP contribution in [-0.2, 0) is 11.6 Å². The standard InChI is InChI=1S/C27H26F3N5O2/c1-14-23(26-10-16-6-17(11-26)8-18(7-16)12-26)15(2)34(33-14)25(36)19-13-31-35-22(27(28,29)30)9-20(32-24(19)35)21-4-3-5-37-21/h3-5,9,13,16-18H,6-8,10-12H2,1-2H3. The number of furan rings is 1. The van der Waals surface area contributed by atoms with Crippen molar-refractivity contribution < 1.29 is 22.4 Å². The highest BCUT2D eigenvalue weighted by atomic mass is 19.4. The fourth-order valence-electron chi connectivity index (χ4n) is 8.01. The molecule has 4 bridgehead atoms. The molecule has 10 heteroatoms. The first-order valence-electron chi connectivity index (χ1n) is 12.7. The molecule has 0 unspecified atom stereocenters. The lowest BCUT2D eigenvalue weighted by Gasteiger charge is -2.57. The number of halogens is 3. The third-order valence-corrected chi connectivity index (χ3v) is 8.82. The first kappa shape index (κ1) is 22.7. The van der Waals surface area contributed by atoms with Gasteiger partial charge in [0.1, 0.15) is 11.3 Å². The van der Waals surface area contributed by atoms with E-state index in [1.54, 1.807) is 6.07 Å². The van der Waals surface area contributed by atoms with Gasteiger partial charge in [0.2, 0.25) is 0 Å². The van der Waals surface area contributed by atoms with Crippen molar-refractivity contribution in [3.8, 4) is 11.5 Å². The summed E-state index contributed by atoms with van der Waals surface area (Å²) in [7, 11) is 0. The molecule has 0 N–H and O–H groups in total. The monoisotopic (exact) mass is 509 g/mol. The van der Waals surface area contributed by atoms with E-state index in [4.69, 9.17) is 4.42 Å². The molecule has 4 aromatic heterocycles. The summed E-state index contributed by atoms with van der Waals surface area (Å²) in [5.74, 6) is 1.82. The molecule has 0 radical (unpaired) electrons. The van der Waals surface area contributed by atoms with Crippen LogP contribution in [0.3, 0.4) is 0 Å². The summed E-state index contributed by atoms with van der Waals surface area (Å²) in [6.45, 7) is 3.84. The second-order valence-corrected chi connectivity index (χ2v) is 11.3. The van der Waals surface area contributed by atoms with Gasteiger partial charge in [-0.05, 0) is 93.7 Å². The van der Waals surface area contributed by atoms with Crippen LogP contribution in [0.1, 0.15) is 71.5 Å². The Morgan fingerprint density at radius 3 is 2.38 bits per heavy atom. The molecule has 7 nitrogen and oxygen atoms in total. The number of fused-ring (bicyclic) bond motifs is 1. The topological polar surface area (TPSA) is 78.2 Å². The molecule has 4 saturated carbocycles. The average Bonchev–Trinajstić information content (AvgIpc) is 3.55. The van der Waals surface area contributed by atoms with Crippen molar-refractivity contribution in [2.45, 2.75) is 64.0 Å². The number of alkyl halides is 3. The van der Waals surface area contributed by atoms with Gasteiger partial charge in [0.25, 0.3) is 5.91 Å². The second-order valence-electron chi connectivity index (χ2n) is 11.3. The van der Waals surface area contributed by atoms with E-state index in [2.05, 4.69) is 15.2 Å². The summed E-state index contributed by atoms with van der Waals surface area (Å²) in [5.41, 5.74) is 1.49. The molecule has 0 saturated heterocycles. The molecule has 8 rings (SSSR count). The zero-order chi connectivity index (χ0) is 25.7. The van der Waals surface area contributed by atoms with Crippen LogP contribution in [0.5, 0.6) is 0 Å². The fraction of sp³-hybridized carbons (Fsp3) is 0.481. The van der Waals surface area contributed by atoms with Crippen LogP contribution < -0.4 is 0 Å². The molecule has 37 heavy (non-hydrogen) atoms. The first-order valence-corrected chi connectivity index (χ1v) is 12.7. The third-order valence-electron chi connectivity index (χ3n) is 8.82. The minimum Gasteiger partial charge on any atom is -0.463 e. The molecule has 0 aromatic carbocycles. The Bertz CT molecular complexity index is 1510. The zero-order valence-electron chi connectivity index (χ0n) is 20.5. The number of hydrogen-bond donors (Lipinski definition) is 0. The van der Waals surface area contributed by atoms with Crippen LogP contribution in [0.15, 0.2) is 35.1 Å². The van der Waals surface area contributed by atoms with E-state index in [1.165, 1.54) is 36.3 Å². The Balaban J connectivity index is 1.35. The van der Waals surface area contributed by atoms with E-state index >= 15 is 0 Å². The lowest BCUT2D eigenvalue weighted by atomic mass is 9.48. The third kappa shape index (κ3) is 3.33. The first-order chi connectivity index (χ1) is 17.6. The maximum atomic E-state index is 13.9. The molecule has 4 fully saturated rings. The highest BCUT2D eigenvalue weighted by Gasteiger charge is 2.53. The zero-order valence-corrected chi connectivity index (χ0v) is 20.5. The van der Waals surface area contributed by atoms with E-state index in [0.29, 0.717) is 4.52 Å². The van der Waals surface area contributed by atoms with Gasteiger partial charge >= 0.3 is 6.18 Å². The smallest absolute Gasteiger partial charge is 0.433 e. The van der Waals surface area contributed by atoms with Gasteiger partial charge in [0.15, 0.2) is 17.1 Å². The Kier molecular flexibility index (Phi) is 4.64. The van der Waals surface area contributed by atoms with Crippen LogP contribution in [-0.4, -0.2) is 30.3 Å². The van der Waals surface area contributed by atoms with Gasteiger partial charge in [-0.25, -0.2) is 14.2 Å². The summed E-state index contributed by atoms with van der Waals surface area (Å²) in [4.78, 5) is 18.2.